The van der Waals surface area contributed by atoms with E-state index in [9.17, 15) is 9.90 Å². The number of Topliss-reactive ketones (excluding diaryl/α,β-unsaturated/α-hetero) is 1. The molecule has 17 heavy (non-hydrogen) atoms. The number of rotatable bonds is 6. The van der Waals surface area contributed by atoms with Crippen LogP contribution in [0, 0.1) is 6.92 Å². The first kappa shape index (κ1) is 13.9. The van der Waals surface area contributed by atoms with Crippen molar-refractivity contribution in [2.45, 2.75) is 39.4 Å². The lowest BCUT2D eigenvalue weighted by Crippen LogP contribution is -2.35. The predicted molar refractivity (Wildman–Crippen MR) is 67.0 cm³/mol. The van der Waals surface area contributed by atoms with Gasteiger partial charge in [0, 0.05) is 13.0 Å². The highest BCUT2D eigenvalue weighted by atomic mass is 16.5. The van der Waals surface area contributed by atoms with Crippen molar-refractivity contribution < 1.29 is 14.6 Å². The van der Waals surface area contributed by atoms with Crippen molar-refractivity contribution in [2.75, 3.05) is 6.61 Å². The van der Waals surface area contributed by atoms with Gasteiger partial charge >= 0.3 is 0 Å². The van der Waals surface area contributed by atoms with Gasteiger partial charge in [-0.25, -0.2) is 0 Å². The molecule has 1 aromatic rings. The second-order valence-electron chi connectivity index (χ2n) is 4.25. The van der Waals surface area contributed by atoms with Crippen LogP contribution in [0.4, 0.5) is 0 Å². The molecule has 0 saturated heterocycles. The largest absolute Gasteiger partial charge is 0.390 e. The molecule has 2 atom stereocenters. The summed E-state index contributed by atoms with van der Waals surface area (Å²) in [4.78, 5) is 12.0. The number of aliphatic hydroxyl groups excluding tert-OH is 1. The highest BCUT2D eigenvalue weighted by Gasteiger charge is 2.23. The van der Waals surface area contributed by atoms with Crippen molar-refractivity contribution >= 4 is 5.78 Å². The summed E-state index contributed by atoms with van der Waals surface area (Å²) >= 11 is 0. The fourth-order valence-corrected chi connectivity index (χ4v) is 1.80. The monoisotopic (exact) mass is 236 g/mol. The van der Waals surface area contributed by atoms with Crippen LogP contribution in [0.15, 0.2) is 24.3 Å². The van der Waals surface area contributed by atoms with Crippen LogP contribution in [0.3, 0.4) is 0 Å². The first-order valence-corrected chi connectivity index (χ1v) is 5.92. The molecule has 0 fully saturated rings. The van der Waals surface area contributed by atoms with Crippen LogP contribution in [-0.2, 0) is 16.0 Å². The summed E-state index contributed by atoms with van der Waals surface area (Å²) in [5.74, 6) is -0.0764. The van der Waals surface area contributed by atoms with Gasteiger partial charge in [-0.15, -0.1) is 0 Å². The van der Waals surface area contributed by atoms with Crippen molar-refractivity contribution in [1.82, 2.24) is 0 Å². The van der Waals surface area contributed by atoms with Gasteiger partial charge in [-0.2, -0.15) is 0 Å². The zero-order valence-electron chi connectivity index (χ0n) is 10.6. The normalized spacial score (nSPS) is 14.4. The van der Waals surface area contributed by atoms with E-state index in [1.807, 2.05) is 38.1 Å². The Morgan fingerprint density at radius 3 is 2.71 bits per heavy atom. The molecular formula is C14H20O3. The van der Waals surface area contributed by atoms with Gasteiger partial charge in [-0.05, 0) is 26.3 Å². The summed E-state index contributed by atoms with van der Waals surface area (Å²) in [5, 5.41) is 9.50. The topological polar surface area (TPSA) is 46.5 Å². The van der Waals surface area contributed by atoms with Crippen molar-refractivity contribution in [2.24, 2.45) is 0 Å². The van der Waals surface area contributed by atoms with Crippen molar-refractivity contribution in [3.63, 3.8) is 0 Å². The van der Waals surface area contributed by atoms with Crippen LogP contribution in [0.25, 0.3) is 0 Å². The molecule has 0 aromatic heterocycles. The Morgan fingerprint density at radius 1 is 1.47 bits per heavy atom. The van der Waals surface area contributed by atoms with Crippen LogP contribution >= 0.6 is 0 Å². The van der Waals surface area contributed by atoms with Crippen LogP contribution in [-0.4, -0.2) is 29.7 Å². The molecule has 3 heteroatoms. The number of hydrogen-bond donors (Lipinski definition) is 1. The standard InChI is InChI=1S/C14H20O3/c1-4-17-14(11(3)15)13(16)9-12-7-5-6-10(2)8-12/h5-8,11,14-15H,4,9H2,1-3H3. The lowest BCUT2D eigenvalue weighted by molar-refractivity contribution is -0.136. The van der Waals surface area contributed by atoms with E-state index < -0.39 is 12.2 Å². The van der Waals surface area contributed by atoms with Gasteiger partial charge < -0.3 is 9.84 Å². The molecule has 0 aliphatic carbocycles. The van der Waals surface area contributed by atoms with Crippen molar-refractivity contribution in [3.05, 3.63) is 35.4 Å². The summed E-state index contributed by atoms with van der Waals surface area (Å²) < 4.78 is 5.27. The Labute approximate surface area is 102 Å². The molecule has 0 aliphatic heterocycles. The van der Waals surface area contributed by atoms with Crippen LogP contribution in [0.2, 0.25) is 0 Å². The van der Waals surface area contributed by atoms with E-state index in [1.165, 1.54) is 0 Å². The minimum Gasteiger partial charge on any atom is -0.390 e. The van der Waals surface area contributed by atoms with Gasteiger partial charge in [0.15, 0.2) is 5.78 Å². The molecule has 2 unspecified atom stereocenters. The number of benzene rings is 1. The summed E-state index contributed by atoms with van der Waals surface area (Å²) in [5.41, 5.74) is 2.08. The predicted octanol–water partition coefficient (Wildman–Crippen LogP) is 1.89. The maximum Gasteiger partial charge on any atom is 0.168 e. The Kier molecular flexibility index (Phi) is 5.32. The van der Waals surface area contributed by atoms with Crippen LogP contribution < -0.4 is 0 Å². The van der Waals surface area contributed by atoms with Gasteiger partial charge in [0.05, 0.1) is 6.10 Å². The number of carbonyl (C=O) groups excluding carboxylic acids is 1. The second kappa shape index (κ2) is 6.52. The minimum absolute atomic E-state index is 0.0764. The number of carbonyl (C=O) groups is 1. The number of ether oxygens (including phenoxy) is 1. The van der Waals surface area contributed by atoms with Crippen LogP contribution in [0.1, 0.15) is 25.0 Å². The van der Waals surface area contributed by atoms with E-state index in [4.69, 9.17) is 4.74 Å². The third kappa shape index (κ3) is 4.29. The van der Waals surface area contributed by atoms with E-state index in [0.29, 0.717) is 13.0 Å². The maximum atomic E-state index is 12.0. The molecule has 0 radical (unpaired) electrons. The third-order valence-electron chi connectivity index (χ3n) is 2.56. The number of ketones is 1. The molecule has 3 nitrogen and oxygen atoms in total. The van der Waals surface area contributed by atoms with Crippen molar-refractivity contribution in [1.29, 1.82) is 0 Å². The first-order valence-electron chi connectivity index (χ1n) is 5.92. The molecule has 0 saturated carbocycles. The summed E-state index contributed by atoms with van der Waals surface area (Å²) in [6, 6.07) is 7.80. The Hall–Kier alpha value is -1.19. The van der Waals surface area contributed by atoms with E-state index in [0.717, 1.165) is 11.1 Å². The molecule has 0 heterocycles. The molecule has 0 bridgehead atoms. The van der Waals surface area contributed by atoms with Gasteiger partial charge in [0.25, 0.3) is 0 Å². The maximum absolute atomic E-state index is 12.0. The summed E-state index contributed by atoms with van der Waals surface area (Å²) in [6.07, 6.45) is -1.19. The Balaban J connectivity index is 2.69. The average Bonchev–Trinajstić information content (AvgIpc) is 2.25. The van der Waals surface area contributed by atoms with Gasteiger partial charge in [-0.3, -0.25) is 4.79 Å². The Bertz CT molecular complexity index is 371. The molecule has 1 rings (SSSR count). The van der Waals surface area contributed by atoms with E-state index >= 15 is 0 Å². The fourth-order valence-electron chi connectivity index (χ4n) is 1.80. The first-order chi connectivity index (χ1) is 8.04. The fraction of sp³-hybridized carbons (Fsp3) is 0.500. The van der Waals surface area contributed by atoms with Gasteiger partial charge in [0.1, 0.15) is 6.10 Å². The smallest absolute Gasteiger partial charge is 0.168 e. The number of hydrogen-bond acceptors (Lipinski definition) is 3. The van der Waals surface area contributed by atoms with Crippen molar-refractivity contribution in [3.8, 4) is 0 Å². The quantitative estimate of drug-likeness (QED) is 0.820. The van der Waals surface area contributed by atoms with E-state index in [1.54, 1.807) is 6.92 Å². The molecule has 1 aromatic carbocycles. The zero-order chi connectivity index (χ0) is 12.8. The molecule has 1 N–H and O–H groups in total. The van der Waals surface area contributed by atoms with E-state index in [2.05, 4.69) is 0 Å². The van der Waals surface area contributed by atoms with Gasteiger partial charge in [0.2, 0.25) is 0 Å². The zero-order valence-corrected chi connectivity index (χ0v) is 10.6. The van der Waals surface area contributed by atoms with Gasteiger partial charge in [-0.1, -0.05) is 29.8 Å². The molecule has 0 spiro atoms. The molecule has 0 aliphatic rings. The van der Waals surface area contributed by atoms with E-state index in [-0.39, 0.29) is 5.78 Å². The molecule has 94 valence electrons. The lowest BCUT2D eigenvalue weighted by atomic mass is 10.0. The number of aliphatic hydroxyl groups is 1. The molecule has 0 amide bonds. The second-order valence-corrected chi connectivity index (χ2v) is 4.25. The lowest BCUT2D eigenvalue weighted by Gasteiger charge is -2.18. The average molecular weight is 236 g/mol. The third-order valence-corrected chi connectivity index (χ3v) is 2.56. The SMILES string of the molecule is CCOC(C(=O)Cc1cccc(C)c1)C(C)O. The highest BCUT2D eigenvalue weighted by molar-refractivity contribution is 5.85. The minimum atomic E-state index is -0.771. The highest BCUT2D eigenvalue weighted by Crippen LogP contribution is 2.09. The molecular weight excluding hydrogens is 216 g/mol. The van der Waals surface area contributed by atoms with Crippen LogP contribution in [0.5, 0.6) is 0 Å². The number of aryl methyl sites for hydroxylation is 1. The summed E-state index contributed by atoms with van der Waals surface area (Å²) in [6.45, 7) is 5.81. The Morgan fingerprint density at radius 2 is 2.18 bits per heavy atom. The summed E-state index contributed by atoms with van der Waals surface area (Å²) in [7, 11) is 0.